The van der Waals surface area contributed by atoms with E-state index in [1.54, 1.807) is 37.3 Å². The van der Waals surface area contributed by atoms with Crippen LogP contribution < -0.4 is 10.1 Å². The highest BCUT2D eigenvalue weighted by atomic mass is 19.2. The van der Waals surface area contributed by atoms with Crippen LogP contribution in [-0.2, 0) is 0 Å². The monoisotopic (exact) mass is 278 g/mol. The summed E-state index contributed by atoms with van der Waals surface area (Å²) in [6, 6.07) is 8.22. The molecule has 1 amide bonds. The van der Waals surface area contributed by atoms with Gasteiger partial charge in [0.25, 0.3) is 5.91 Å². The first-order valence-corrected chi connectivity index (χ1v) is 5.98. The number of nitrogens with one attached hydrogen (secondary N) is 1. The Labute approximate surface area is 114 Å². The molecule has 0 spiro atoms. The Morgan fingerprint density at radius 1 is 1.30 bits per heavy atom. The van der Waals surface area contributed by atoms with Gasteiger partial charge in [-0.1, -0.05) is 18.2 Å². The molecular weight excluding hydrogens is 266 g/mol. The molecule has 4 nitrogen and oxygen atoms in total. The maximum Gasteiger partial charge on any atom is 0.273 e. The second-order valence-corrected chi connectivity index (χ2v) is 3.87. The molecule has 1 N–H and O–H groups in total. The molecule has 0 saturated carbocycles. The summed E-state index contributed by atoms with van der Waals surface area (Å²) in [5.74, 6) is -3.29. The van der Waals surface area contributed by atoms with E-state index >= 15 is 0 Å². The van der Waals surface area contributed by atoms with E-state index in [1.807, 2.05) is 0 Å². The van der Waals surface area contributed by atoms with Crippen LogP contribution in [0, 0.1) is 11.6 Å². The highest BCUT2D eigenvalue weighted by Gasteiger charge is 2.22. The molecule has 104 valence electrons. The van der Waals surface area contributed by atoms with Crippen molar-refractivity contribution >= 4 is 5.91 Å². The van der Waals surface area contributed by atoms with Gasteiger partial charge in [0.05, 0.1) is 6.20 Å². The predicted molar refractivity (Wildman–Crippen MR) is 68.7 cm³/mol. The summed E-state index contributed by atoms with van der Waals surface area (Å²) in [6.45, 7) is 2.04. The number of carbonyl (C=O) groups excluding carboxylic acids is 1. The Balaban J connectivity index is 2.43. The number of hydrogen-bond donors (Lipinski definition) is 1. The number of nitrogens with zero attached hydrogens (tertiary/aromatic N) is 1. The lowest BCUT2D eigenvalue weighted by molar-refractivity contribution is 0.0947. The maximum absolute atomic E-state index is 13.8. The van der Waals surface area contributed by atoms with Crippen molar-refractivity contribution in [1.82, 2.24) is 10.3 Å². The Hall–Kier alpha value is -2.50. The van der Waals surface area contributed by atoms with Gasteiger partial charge in [0.15, 0.2) is 17.3 Å². The molecule has 0 aliphatic carbocycles. The summed E-state index contributed by atoms with van der Waals surface area (Å²) < 4.78 is 32.3. The largest absolute Gasteiger partial charge is 0.452 e. The number of rotatable bonds is 4. The summed E-state index contributed by atoms with van der Waals surface area (Å²) in [5, 5.41) is 2.46. The third-order valence-electron chi connectivity index (χ3n) is 2.45. The molecule has 1 aromatic carbocycles. The third kappa shape index (κ3) is 2.90. The van der Waals surface area contributed by atoms with Crippen LogP contribution in [0.4, 0.5) is 8.78 Å². The summed E-state index contributed by atoms with van der Waals surface area (Å²) in [6.07, 6.45) is 0.651. The van der Waals surface area contributed by atoms with Gasteiger partial charge in [0, 0.05) is 6.54 Å². The first-order valence-electron chi connectivity index (χ1n) is 5.98. The second kappa shape index (κ2) is 6.10. The topological polar surface area (TPSA) is 51.2 Å². The normalized spacial score (nSPS) is 10.2. The van der Waals surface area contributed by atoms with Crippen molar-refractivity contribution in [1.29, 1.82) is 0 Å². The lowest BCUT2D eigenvalue weighted by Crippen LogP contribution is -2.24. The summed E-state index contributed by atoms with van der Waals surface area (Å²) >= 11 is 0. The average Bonchev–Trinajstić information content (AvgIpc) is 2.45. The van der Waals surface area contributed by atoms with Gasteiger partial charge < -0.3 is 10.1 Å². The standard InChI is InChI=1S/C14H12F2N2O2/c1-2-17-14(19)12-13(11(16)10(15)8-18-12)20-9-6-4-3-5-7-9/h3-8H,2H2,1H3,(H,17,19). The van der Waals surface area contributed by atoms with Gasteiger partial charge in [-0.25, -0.2) is 9.37 Å². The molecular formula is C14H12F2N2O2. The van der Waals surface area contributed by atoms with Crippen LogP contribution >= 0.6 is 0 Å². The number of para-hydroxylation sites is 1. The highest BCUT2D eigenvalue weighted by Crippen LogP contribution is 2.28. The van der Waals surface area contributed by atoms with Crippen molar-refractivity contribution in [2.75, 3.05) is 6.54 Å². The lowest BCUT2D eigenvalue weighted by Gasteiger charge is -2.11. The van der Waals surface area contributed by atoms with E-state index in [2.05, 4.69) is 10.3 Å². The first-order chi connectivity index (χ1) is 9.63. The van der Waals surface area contributed by atoms with Gasteiger partial charge >= 0.3 is 0 Å². The number of amides is 1. The molecule has 0 unspecified atom stereocenters. The minimum absolute atomic E-state index is 0.282. The quantitative estimate of drug-likeness (QED) is 0.935. The minimum atomic E-state index is -1.25. The van der Waals surface area contributed by atoms with Crippen molar-refractivity contribution in [2.45, 2.75) is 6.92 Å². The highest BCUT2D eigenvalue weighted by molar-refractivity contribution is 5.95. The number of halogens is 2. The van der Waals surface area contributed by atoms with Crippen LogP contribution in [-0.4, -0.2) is 17.4 Å². The van der Waals surface area contributed by atoms with Crippen LogP contribution in [0.5, 0.6) is 11.5 Å². The SMILES string of the molecule is CCNC(=O)c1ncc(F)c(F)c1Oc1ccccc1. The molecule has 0 aliphatic heterocycles. The first kappa shape index (κ1) is 13.9. The van der Waals surface area contributed by atoms with Crippen LogP contribution in [0.2, 0.25) is 0 Å². The van der Waals surface area contributed by atoms with Crippen LogP contribution in [0.15, 0.2) is 36.5 Å². The van der Waals surface area contributed by atoms with E-state index in [4.69, 9.17) is 4.74 Å². The number of aromatic nitrogens is 1. The second-order valence-electron chi connectivity index (χ2n) is 3.87. The van der Waals surface area contributed by atoms with E-state index in [9.17, 15) is 13.6 Å². The van der Waals surface area contributed by atoms with Crippen molar-refractivity contribution in [2.24, 2.45) is 0 Å². The predicted octanol–water partition coefficient (Wildman–Crippen LogP) is 2.90. The third-order valence-corrected chi connectivity index (χ3v) is 2.45. The summed E-state index contributed by atoms with van der Waals surface area (Å²) in [5.41, 5.74) is -0.297. The lowest BCUT2D eigenvalue weighted by atomic mass is 10.2. The number of carbonyl (C=O) groups is 1. The van der Waals surface area contributed by atoms with Crippen molar-refractivity contribution in [3.63, 3.8) is 0 Å². The molecule has 1 heterocycles. The Bertz CT molecular complexity index is 618. The van der Waals surface area contributed by atoms with E-state index in [0.29, 0.717) is 12.7 Å². The van der Waals surface area contributed by atoms with Gasteiger partial charge in [0.2, 0.25) is 5.82 Å². The maximum atomic E-state index is 13.8. The minimum Gasteiger partial charge on any atom is -0.452 e. The fourth-order valence-electron chi connectivity index (χ4n) is 1.55. The molecule has 20 heavy (non-hydrogen) atoms. The molecule has 0 saturated heterocycles. The van der Waals surface area contributed by atoms with E-state index in [1.165, 1.54) is 0 Å². The van der Waals surface area contributed by atoms with Gasteiger partial charge in [-0.3, -0.25) is 4.79 Å². The summed E-state index contributed by atoms with van der Waals surface area (Å²) in [7, 11) is 0. The molecule has 0 aliphatic rings. The van der Waals surface area contributed by atoms with Crippen molar-refractivity contribution in [3.05, 3.63) is 53.9 Å². The van der Waals surface area contributed by atoms with Crippen LogP contribution in [0.1, 0.15) is 17.4 Å². The zero-order chi connectivity index (χ0) is 14.5. The van der Waals surface area contributed by atoms with Gasteiger partial charge in [-0.2, -0.15) is 4.39 Å². The molecule has 2 aromatic rings. The van der Waals surface area contributed by atoms with Crippen molar-refractivity contribution in [3.8, 4) is 11.5 Å². The van der Waals surface area contributed by atoms with Gasteiger partial charge in [-0.05, 0) is 19.1 Å². The molecule has 0 atom stereocenters. The number of benzene rings is 1. The summed E-state index contributed by atoms with van der Waals surface area (Å²) in [4.78, 5) is 15.4. The Morgan fingerprint density at radius 3 is 2.65 bits per heavy atom. The number of pyridine rings is 1. The average molecular weight is 278 g/mol. The molecule has 0 bridgehead atoms. The fraction of sp³-hybridized carbons (Fsp3) is 0.143. The van der Waals surface area contributed by atoms with Gasteiger partial charge in [0.1, 0.15) is 5.75 Å². The smallest absolute Gasteiger partial charge is 0.273 e. The molecule has 1 aromatic heterocycles. The van der Waals surface area contributed by atoms with E-state index in [0.717, 1.165) is 0 Å². The number of ether oxygens (including phenoxy) is 1. The van der Waals surface area contributed by atoms with E-state index < -0.39 is 23.3 Å². The molecule has 6 heteroatoms. The molecule has 0 radical (unpaired) electrons. The van der Waals surface area contributed by atoms with Crippen LogP contribution in [0.3, 0.4) is 0 Å². The Morgan fingerprint density at radius 2 is 2.00 bits per heavy atom. The molecule has 2 rings (SSSR count). The van der Waals surface area contributed by atoms with E-state index in [-0.39, 0.29) is 11.4 Å². The van der Waals surface area contributed by atoms with Gasteiger partial charge in [-0.15, -0.1) is 0 Å². The molecule has 0 fully saturated rings. The zero-order valence-corrected chi connectivity index (χ0v) is 10.7. The number of hydrogen-bond acceptors (Lipinski definition) is 3. The van der Waals surface area contributed by atoms with Crippen molar-refractivity contribution < 1.29 is 18.3 Å². The zero-order valence-electron chi connectivity index (χ0n) is 10.7. The Kier molecular flexibility index (Phi) is 4.24. The van der Waals surface area contributed by atoms with Crippen LogP contribution in [0.25, 0.3) is 0 Å². The fourth-order valence-corrected chi connectivity index (χ4v) is 1.55.